The number of Topliss-reactive ketones (excluding diaryl/α,β-unsaturated/α-hetero) is 1. The van der Waals surface area contributed by atoms with Crippen LogP contribution in [0.2, 0.25) is 0 Å². The van der Waals surface area contributed by atoms with Crippen molar-refractivity contribution in [1.29, 1.82) is 0 Å². The fourth-order valence-electron chi connectivity index (χ4n) is 3.34. The van der Waals surface area contributed by atoms with Gasteiger partial charge in [-0.1, -0.05) is 6.92 Å². The Hall–Kier alpha value is -0.410. The molecule has 3 aliphatic carbocycles. The van der Waals surface area contributed by atoms with Gasteiger partial charge in [-0.25, -0.2) is 0 Å². The van der Waals surface area contributed by atoms with Crippen molar-refractivity contribution in [2.75, 3.05) is 13.2 Å². The van der Waals surface area contributed by atoms with Crippen LogP contribution < -0.4 is 0 Å². The van der Waals surface area contributed by atoms with Gasteiger partial charge in [-0.15, -0.1) is 0 Å². The third-order valence-corrected chi connectivity index (χ3v) is 4.18. The summed E-state index contributed by atoms with van der Waals surface area (Å²) in [6.45, 7) is 3.37. The Morgan fingerprint density at radius 1 is 1.29 bits per heavy atom. The maximum atomic E-state index is 12.0. The molecule has 0 N–H and O–H groups in total. The van der Waals surface area contributed by atoms with Gasteiger partial charge < -0.3 is 9.47 Å². The van der Waals surface area contributed by atoms with Gasteiger partial charge in [0.2, 0.25) is 0 Å². The summed E-state index contributed by atoms with van der Waals surface area (Å²) in [6, 6.07) is 0. The molecule has 3 heteroatoms. The van der Waals surface area contributed by atoms with Gasteiger partial charge in [0, 0.05) is 12.3 Å². The monoisotopic (exact) mass is 196 g/mol. The molecule has 1 saturated heterocycles. The third kappa shape index (κ3) is 0.971. The lowest BCUT2D eigenvalue weighted by Gasteiger charge is -2.49. The van der Waals surface area contributed by atoms with Gasteiger partial charge >= 0.3 is 0 Å². The first-order chi connectivity index (χ1) is 6.73. The van der Waals surface area contributed by atoms with Crippen molar-refractivity contribution in [3.63, 3.8) is 0 Å². The number of hydrogen-bond acceptors (Lipinski definition) is 3. The largest absolute Gasteiger partial charge is 0.347 e. The average molecular weight is 196 g/mol. The summed E-state index contributed by atoms with van der Waals surface area (Å²) < 4.78 is 11.4. The van der Waals surface area contributed by atoms with Crippen LogP contribution in [0.15, 0.2) is 0 Å². The summed E-state index contributed by atoms with van der Waals surface area (Å²) in [4.78, 5) is 12.0. The van der Waals surface area contributed by atoms with Crippen molar-refractivity contribution in [3.8, 4) is 0 Å². The molecule has 3 atom stereocenters. The van der Waals surface area contributed by atoms with Crippen LogP contribution in [0, 0.1) is 17.8 Å². The zero-order valence-electron chi connectivity index (χ0n) is 8.49. The molecule has 3 nitrogen and oxygen atoms in total. The minimum Gasteiger partial charge on any atom is -0.347 e. The standard InChI is InChI=1S/C11H16O3/c1-7-8-2-3-9(10(7)12)11(6-8)13-4-5-14-11/h7-9H,2-6H2,1H3/t7-,8+,9-/m1/s1. The zero-order valence-corrected chi connectivity index (χ0v) is 8.49. The van der Waals surface area contributed by atoms with Gasteiger partial charge in [0.05, 0.1) is 19.1 Å². The molecule has 0 unspecified atom stereocenters. The highest BCUT2D eigenvalue weighted by atomic mass is 16.7. The summed E-state index contributed by atoms with van der Waals surface area (Å²) in [6.07, 6.45) is 3.07. The van der Waals surface area contributed by atoms with Crippen molar-refractivity contribution in [3.05, 3.63) is 0 Å². The van der Waals surface area contributed by atoms with Gasteiger partial charge in [0.25, 0.3) is 0 Å². The summed E-state index contributed by atoms with van der Waals surface area (Å²) in [5, 5.41) is 0. The lowest BCUT2D eigenvalue weighted by atomic mass is 9.61. The molecule has 78 valence electrons. The van der Waals surface area contributed by atoms with Crippen molar-refractivity contribution in [2.24, 2.45) is 17.8 Å². The van der Waals surface area contributed by atoms with Crippen LogP contribution in [-0.2, 0) is 14.3 Å². The number of ether oxygens (including phenoxy) is 2. The van der Waals surface area contributed by atoms with E-state index in [1.165, 1.54) is 6.42 Å². The van der Waals surface area contributed by atoms with E-state index in [2.05, 4.69) is 6.92 Å². The van der Waals surface area contributed by atoms with Crippen LogP contribution >= 0.6 is 0 Å². The molecule has 0 amide bonds. The van der Waals surface area contributed by atoms with Crippen molar-refractivity contribution in [1.82, 2.24) is 0 Å². The Morgan fingerprint density at radius 3 is 2.64 bits per heavy atom. The van der Waals surface area contributed by atoms with E-state index in [1.54, 1.807) is 0 Å². The summed E-state index contributed by atoms with van der Waals surface area (Å²) in [7, 11) is 0. The zero-order chi connectivity index (χ0) is 9.76. The highest BCUT2D eigenvalue weighted by Crippen LogP contribution is 2.51. The van der Waals surface area contributed by atoms with E-state index >= 15 is 0 Å². The molecule has 0 aromatic heterocycles. The highest BCUT2D eigenvalue weighted by molar-refractivity contribution is 5.86. The molecule has 1 aliphatic heterocycles. The van der Waals surface area contributed by atoms with E-state index in [0.29, 0.717) is 24.9 Å². The average Bonchev–Trinajstić information content (AvgIpc) is 2.62. The van der Waals surface area contributed by atoms with Gasteiger partial charge in [-0.05, 0) is 18.8 Å². The molecular weight excluding hydrogens is 180 g/mol. The second-order valence-corrected chi connectivity index (χ2v) is 4.79. The molecule has 0 aromatic carbocycles. The first-order valence-electron chi connectivity index (χ1n) is 5.54. The molecule has 0 aromatic rings. The molecule has 3 saturated carbocycles. The molecule has 4 aliphatic rings. The Labute approximate surface area is 83.8 Å². The normalized spacial score (nSPS) is 44.9. The quantitative estimate of drug-likeness (QED) is 0.587. The van der Waals surface area contributed by atoms with Crippen LogP contribution in [0.1, 0.15) is 26.2 Å². The number of fused-ring (bicyclic) bond motifs is 2. The Morgan fingerprint density at radius 2 is 2.00 bits per heavy atom. The lowest BCUT2D eigenvalue weighted by molar-refractivity contribution is -0.237. The predicted octanol–water partition coefficient (Wildman–Crippen LogP) is 1.36. The summed E-state index contributed by atoms with van der Waals surface area (Å²) in [5.74, 6) is 0.601. The predicted molar refractivity (Wildman–Crippen MR) is 49.6 cm³/mol. The molecule has 2 bridgehead atoms. The number of rotatable bonds is 0. The Balaban J connectivity index is 1.94. The number of ketones is 1. The number of carbonyl (C=O) groups is 1. The minimum atomic E-state index is -0.507. The topological polar surface area (TPSA) is 35.5 Å². The smallest absolute Gasteiger partial charge is 0.178 e. The Kier molecular flexibility index (Phi) is 1.77. The molecule has 1 heterocycles. The number of hydrogen-bond donors (Lipinski definition) is 0. The summed E-state index contributed by atoms with van der Waals surface area (Å²) >= 11 is 0. The Bertz CT molecular complexity index is 268. The van der Waals surface area contributed by atoms with Gasteiger partial charge in [0.15, 0.2) is 5.79 Å². The molecule has 14 heavy (non-hydrogen) atoms. The van der Waals surface area contributed by atoms with E-state index in [9.17, 15) is 4.79 Å². The van der Waals surface area contributed by atoms with E-state index in [4.69, 9.17) is 9.47 Å². The van der Waals surface area contributed by atoms with Gasteiger partial charge in [0.1, 0.15) is 5.78 Å². The fourth-order valence-corrected chi connectivity index (χ4v) is 3.34. The lowest BCUT2D eigenvalue weighted by Crippen LogP contribution is -2.56. The van der Waals surface area contributed by atoms with Crippen LogP contribution in [0.4, 0.5) is 0 Å². The van der Waals surface area contributed by atoms with Crippen LogP contribution in [0.3, 0.4) is 0 Å². The van der Waals surface area contributed by atoms with E-state index in [1.807, 2.05) is 0 Å². The van der Waals surface area contributed by atoms with E-state index in [0.717, 1.165) is 12.8 Å². The molecule has 1 spiro atoms. The van der Waals surface area contributed by atoms with Crippen molar-refractivity contribution >= 4 is 5.78 Å². The SMILES string of the molecule is C[C@H]1C(=O)[C@H]2CC[C@H]1CC21OCCO1. The number of carbonyl (C=O) groups excluding carboxylic acids is 1. The van der Waals surface area contributed by atoms with E-state index < -0.39 is 5.79 Å². The van der Waals surface area contributed by atoms with Crippen LogP contribution in [0.5, 0.6) is 0 Å². The maximum absolute atomic E-state index is 12.0. The molecule has 0 radical (unpaired) electrons. The fraction of sp³-hybridized carbons (Fsp3) is 0.909. The second kappa shape index (κ2) is 2.80. The third-order valence-electron chi connectivity index (χ3n) is 4.18. The second-order valence-electron chi connectivity index (χ2n) is 4.79. The van der Waals surface area contributed by atoms with E-state index in [-0.39, 0.29) is 11.8 Å². The first kappa shape index (κ1) is 8.86. The molecule has 4 fully saturated rings. The van der Waals surface area contributed by atoms with Crippen molar-refractivity contribution in [2.45, 2.75) is 32.0 Å². The van der Waals surface area contributed by atoms with Gasteiger partial charge in [-0.3, -0.25) is 4.79 Å². The first-order valence-corrected chi connectivity index (χ1v) is 5.54. The maximum Gasteiger partial charge on any atom is 0.178 e. The van der Waals surface area contributed by atoms with Crippen LogP contribution in [-0.4, -0.2) is 24.8 Å². The summed E-state index contributed by atoms with van der Waals surface area (Å²) in [5.41, 5.74) is 0. The van der Waals surface area contributed by atoms with Crippen LogP contribution in [0.25, 0.3) is 0 Å². The molecular formula is C11H16O3. The van der Waals surface area contributed by atoms with Gasteiger partial charge in [-0.2, -0.15) is 0 Å². The highest BCUT2D eigenvalue weighted by Gasteiger charge is 2.58. The molecule has 4 rings (SSSR count). The minimum absolute atomic E-state index is 0.0185. The van der Waals surface area contributed by atoms with Crippen molar-refractivity contribution < 1.29 is 14.3 Å².